The largest absolute Gasteiger partial charge is 0.497 e. The van der Waals surface area contributed by atoms with Gasteiger partial charge in [0.05, 0.1) is 13.7 Å². The molecule has 0 aliphatic carbocycles. The Kier molecular flexibility index (Phi) is 5.25. The summed E-state index contributed by atoms with van der Waals surface area (Å²) in [5.41, 5.74) is 1.77. The van der Waals surface area contributed by atoms with Crippen molar-refractivity contribution in [2.75, 3.05) is 19.0 Å². The van der Waals surface area contributed by atoms with Crippen LogP contribution in [0.25, 0.3) is 22.4 Å². The van der Waals surface area contributed by atoms with Crippen LogP contribution in [0.4, 0.5) is 15.9 Å². The van der Waals surface area contributed by atoms with Crippen LogP contribution in [-0.4, -0.2) is 34.8 Å². The second-order valence-corrected chi connectivity index (χ2v) is 6.19. The molecule has 9 heteroatoms. The number of methoxy groups -OCH3 is 1. The minimum absolute atomic E-state index is 0.0952. The van der Waals surface area contributed by atoms with Crippen molar-refractivity contribution < 1.29 is 23.2 Å². The predicted molar refractivity (Wildman–Crippen MR) is 107 cm³/mol. The Labute approximate surface area is 170 Å². The molecule has 8 nitrogen and oxygen atoms in total. The zero-order valence-electron chi connectivity index (χ0n) is 16.2. The Balaban J connectivity index is 1.87. The normalized spacial score (nSPS) is 10.8. The van der Waals surface area contributed by atoms with Crippen molar-refractivity contribution in [3.05, 3.63) is 60.2 Å². The number of halogens is 1. The minimum Gasteiger partial charge on any atom is -0.497 e. The molecular formula is C21H17FN4O4. The van der Waals surface area contributed by atoms with Crippen LogP contribution in [0.5, 0.6) is 5.75 Å². The summed E-state index contributed by atoms with van der Waals surface area (Å²) < 4.78 is 29.0. The van der Waals surface area contributed by atoms with Crippen LogP contribution in [0.15, 0.2) is 53.1 Å². The van der Waals surface area contributed by atoms with E-state index < -0.39 is 5.97 Å². The SMILES string of the molecule is CCOC(=O)c1nc(Nc2cccc(OC)c2)c2c(-c3ccc(F)cc3)noc2n1. The minimum atomic E-state index is -0.687. The highest BCUT2D eigenvalue weighted by Crippen LogP contribution is 2.34. The van der Waals surface area contributed by atoms with Gasteiger partial charge in [-0.3, -0.25) is 0 Å². The monoisotopic (exact) mass is 408 g/mol. The summed E-state index contributed by atoms with van der Waals surface area (Å²) in [6, 6.07) is 13.0. The molecule has 2 aromatic carbocycles. The highest BCUT2D eigenvalue weighted by atomic mass is 19.1. The lowest BCUT2D eigenvalue weighted by Crippen LogP contribution is -2.11. The molecule has 0 saturated heterocycles. The maximum absolute atomic E-state index is 13.4. The third kappa shape index (κ3) is 3.77. The standard InChI is InChI=1S/C21H17FN4O4/c1-3-29-21(27)19-24-18(23-14-5-4-6-15(11-14)28-2)16-17(26-30-20(16)25-19)12-7-9-13(22)10-8-12/h4-11H,3H2,1-2H3,(H,23,24,25). The lowest BCUT2D eigenvalue weighted by atomic mass is 10.1. The number of aromatic nitrogens is 3. The molecule has 0 saturated carbocycles. The molecule has 4 rings (SSSR count). The number of nitrogens with zero attached hydrogens (tertiary/aromatic N) is 3. The van der Waals surface area contributed by atoms with Crippen LogP contribution in [0.1, 0.15) is 17.5 Å². The van der Waals surface area contributed by atoms with Crippen LogP contribution >= 0.6 is 0 Å². The summed E-state index contributed by atoms with van der Waals surface area (Å²) in [6.07, 6.45) is 0. The van der Waals surface area contributed by atoms with Crippen LogP contribution in [0, 0.1) is 5.82 Å². The van der Waals surface area contributed by atoms with E-state index in [1.807, 2.05) is 6.07 Å². The first kappa shape index (κ1) is 19.3. The molecule has 0 radical (unpaired) electrons. The molecule has 30 heavy (non-hydrogen) atoms. The van der Waals surface area contributed by atoms with Gasteiger partial charge >= 0.3 is 5.97 Å². The lowest BCUT2D eigenvalue weighted by molar-refractivity contribution is 0.0512. The number of esters is 1. The molecule has 2 aromatic heterocycles. The number of anilines is 2. The fourth-order valence-electron chi connectivity index (χ4n) is 2.87. The van der Waals surface area contributed by atoms with E-state index >= 15 is 0 Å². The highest BCUT2D eigenvalue weighted by Gasteiger charge is 2.22. The van der Waals surface area contributed by atoms with Gasteiger partial charge in [0.2, 0.25) is 5.82 Å². The average molecular weight is 408 g/mol. The highest BCUT2D eigenvalue weighted by molar-refractivity contribution is 6.00. The molecular weight excluding hydrogens is 391 g/mol. The van der Waals surface area contributed by atoms with Gasteiger partial charge < -0.3 is 19.3 Å². The first-order chi connectivity index (χ1) is 14.6. The summed E-state index contributed by atoms with van der Waals surface area (Å²) >= 11 is 0. The molecule has 1 N–H and O–H groups in total. The third-order valence-electron chi connectivity index (χ3n) is 4.24. The van der Waals surface area contributed by atoms with E-state index in [0.717, 1.165) is 0 Å². The lowest BCUT2D eigenvalue weighted by Gasteiger charge is -2.10. The smallest absolute Gasteiger partial charge is 0.376 e. The number of hydrogen-bond acceptors (Lipinski definition) is 8. The number of rotatable bonds is 6. The summed E-state index contributed by atoms with van der Waals surface area (Å²) in [5, 5.41) is 7.66. The number of carbonyl (C=O) groups is 1. The molecule has 0 fully saturated rings. The van der Waals surface area contributed by atoms with E-state index in [-0.39, 0.29) is 29.8 Å². The Hall–Kier alpha value is -4.01. The van der Waals surface area contributed by atoms with E-state index in [2.05, 4.69) is 20.4 Å². The summed E-state index contributed by atoms with van der Waals surface area (Å²) in [6.45, 7) is 1.86. The first-order valence-electron chi connectivity index (χ1n) is 9.10. The van der Waals surface area contributed by atoms with Crippen LogP contribution in [-0.2, 0) is 4.74 Å². The zero-order chi connectivity index (χ0) is 21.1. The van der Waals surface area contributed by atoms with Crippen LogP contribution in [0.2, 0.25) is 0 Å². The number of carbonyl (C=O) groups excluding carboxylic acids is 1. The van der Waals surface area contributed by atoms with E-state index in [4.69, 9.17) is 14.0 Å². The second-order valence-electron chi connectivity index (χ2n) is 6.19. The van der Waals surface area contributed by atoms with Gasteiger partial charge in [-0.15, -0.1) is 0 Å². The average Bonchev–Trinajstić information content (AvgIpc) is 3.19. The van der Waals surface area contributed by atoms with E-state index in [0.29, 0.717) is 28.1 Å². The molecule has 0 bridgehead atoms. The quantitative estimate of drug-likeness (QED) is 0.470. The number of ether oxygens (including phenoxy) is 2. The van der Waals surface area contributed by atoms with E-state index in [1.165, 1.54) is 12.1 Å². The Bertz CT molecular complexity index is 1210. The van der Waals surface area contributed by atoms with Gasteiger partial charge in [0.1, 0.15) is 28.5 Å². The van der Waals surface area contributed by atoms with Crippen molar-refractivity contribution in [2.24, 2.45) is 0 Å². The molecule has 4 aromatic rings. The van der Waals surface area contributed by atoms with Crippen molar-refractivity contribution in [1.82, 2.24) is 15.1 Å². The maximum atomic E-state index is 13.4. The van der Waals surface area contributed by atoms with E-state index in [1.54, 1.807) is 44.4 Å². The molecule has 0 spiro atoms. The van der Waals surface area contributed by atoms with Gasteiger partial charge in [0.25, 0.3) is 5.71 Å². The molecule has 0 unspecified atom stereocenters. The van der Waals surface area contributed by atoms with Crippen LogP contribution in [0.3, 0.4) is 0 Å². The number of hydrogen-bond donors (Lipinski definition) is 1. The van der Waals surface area contributed by atoms with Crippen molar-refractivity contribution >= 4 is 28.6 Å². The van der Waals surface area contributed by atoms with Gasteiger partial charge in [-0.1, -0.05) is 11.2 Å². The zero-order valence-corrected chi connectivity index (χ0v) is 16.2. The van der Waals surface area contributed by atoms with Crippen molar-refractivity contribution in [3.63, 3.8) is 0 Å². The summed E-state index contributed by atoms with van der Waals surface area (Å²) in [4.78, 5) is 20.7. The molecule has 0 atom stereocenters. The topological polar surface area (TPSA) is 99.4 Å². The number of benzene rings is 2. The van der Waals surface area contributed by atoms with Crippen molar-refractivity contribution in [2.45, 2.75) is 6.92 Å². The summed E-state index contributed by atoms with van der Waals surface area (Å²) in [5.74, 6) is -0.302. The van der Waals surface area contributed by atoms with Gasteiger partial charge in [-0.05, 0) is 43.3 Å². The van der Waals surface area contributed by atoms with Crippen molar-refractivity contribution in [3.8, 4) is 17.0 Å². The maximum Gasteiger partial charge on any atom is 0.376 e. The van der Waals surface area contributed by atoms with Crippen LogP contribution < -0.4 is 10.1 Å². The Morgan fingerprint density at radius 2 is 1.97 bits per heavy atom. The van der Waals surface area contributed by atoms with E-state index in [9.17, 15) is 9.18 Å². The van der Waals surface area contributed by atoms with Gasteiger partial charge in [0.15, 0.2) is 0 Å². The molecule has 0 amide bonds. The van der Waals surface area contributed by atoms with Gasteiger partial charge in [0, 0.05) is 17.3 Å². The summed E-state index contributed by atoms with van der Waals surface area (Å²) in [7, 11) is 1.56. The second kappa shape index (κ2) is 8.16. The molecule has 2 heterocycles. The molecule has 0 aliphatic rings. The third-order valence-corrected chi connectivity index (χ3v) is 4.24. The fourth-order valence-corrected chi connectivity index (χ4v) is 2.87. The fraction of sp³-hybridized carbons (Fsp3) is 0.143. The Morgan fingerprint density at radius 3 is 2.70 bits per heavy atom. The van der Waals surface area contributed by atoms with Crippen molar-refractivity contribution in [1.29, 1.82) is 0 Å². The molecule has 0 aliphatic heterocycles. The Morgan fingerprint density at radius 1 is 1.17 bits per heavy atom. The first-order valence-corrected chi connectivity index (χ1v) is 9.10. The number of fused-ring (bicyclic) bond motifs is 1. The van der Waals surface area contributed by atoms with Gasteiger partial charge in [-0.25, -0.2) is 14.2 Å². The van der Waals surface area contributed by atoms with Gasteiger partial charge in [-0.2, -0.15) is 4.98 Å². The molecule has 152 valence electrons. The predicted octanol–water partition coefficient (Wildman–Crippen LogP) is 4.35. The number of nitrogens with one attached hydrogen (secondary N) is 1.